The average molecular weight is 338 g/mol. The summed E-state index contributed by atoms with van der Waals surface area (Å²) in [6.07, 6.45) is 0. The number of fused-ring (bicyclic) bond motifs is 1. The summed E-state index contributed by atoms with van der Waals surface area (Å²) in [6.45, 7) is 0. The highest BCUT2D eigenvalue weighted by molar-refractivity contribution is 9.10. The van der Waals surface area contributed by atoms with Crippen molar-refractivity contribution in [3.05, 3.63) is 28.2 Å². The Morgan fingerprint density at radius 2 is 2.15 bits per heavy atom. The van der Waals surface area contributed by atoms with Gasteiger partial charge in [0.25, 0.3) is 0 Å². The van der Waals surface area contributed by atoms with Crippen LogP contribution in [-0.2, 0) is 5.33 Å². The fourth-order valence-electron chi connectivity index (χ4n) is 1.24. The summed E-state index contributed by atoms with van der Waals surface area (Å²) in [5, 5.41) is 2.17. The molecule has 0 amide bonds. The molecule has 0 aliphatic rings. The molecule has 0 unspecified atom stereocenters. The monoisotopic (exact) mass is 336 g/mol. The maximum Gasteiger partial charge on any atom is 0.0621 e. The molecular weight excluding hydrogens is 332 g/mol. The molecule has 0 fully saturated rings. The van der Waals surface area contributed by atoms with Crippen molar-refractivity contribution in [3.8, 4) is 0 Å². The largest absolute Gasteiger partial charge is 0.132 e. The van der Waals surface area contributed by atoms with Crippen LogP contribution in [0.15, 0.2) is 26.9 Å². The Hall–Kier alpha value is 0.490. The van der Waals surface area contributed by atoms with Gasteiger partial charge < -0.3 is 0 Å². The lowest BCUT2D eigenvalue weighted by Crippen LogP contribution is -1.73. The van der Waals surface area contributed by atoms with E-state index >= 15 is 0 Å². The zero-order chi connectivity index (χ0) is 9.42. The Kier molecular flexibility index (Phi) is 3.03. The van der Waals surface area contributed by atoms with Crippen molar-refractivity contribution in [3.63, 3.8) is 0 Å². The summed E-state index contributed by atoms with van der Waals surface area (Å²) < 4.78 is 3.51. The van der Waals surface area contributed by atoms with E-state index in [-0.39, 0.29) is 0 Å². The molecule has 0 radical (unpaired) electrons. The van der Waals surface area contributed by atoms with Crippen LogP contribution in [0.1, 0.15) is 5.56 Å². The van der Waals surface area contributed by atoms with Crippen LogP contribution < -0.4 is 0 Å². The van der Waals surface area contributed by atoms with Crippen molar-refractivity contribution in [1.29, 1.82) is 0 Å². The molecule has 0 aliphatic carbocycles. The predicted octanol–water partition coefficient (Wildman–Crippen LogP) is 4.85. The lowest BCUT2D eigenvalue weighted by molar-refractivity contribution is 1.43. The maximum absolute atomic E-state index is 4.44. The van der Waals surface area contributed by atoms with Crippen molar-refractivity contribution in [2.75, 3.05) is 0 Å². The summed E-state index contributed by atoms with van der Waals surface area (Å²) in [5.74, 6) is 0. The zero-order valence-corrected chi connectivity index (χ0v) is 11.4. The third-order valence-electron chi connectivity index (χ3n) is 1.87. The predicted molar refractivity (Wildman–Crippen MR) is 69.4 cm³/mol. The molecule has 4 heteroatoms. The number of rotatable bonds is 1. The lowest BCUT2D eigenvalue weighted by atomic mass is 10.2. The van der Waals surface area contributed by atoms with Gasteiger partial charge in [-0.05, 0) is 23.1 Å². The van der Waals surface area contributed by atoms with Gasteiger partial charge in [-0.1, -0.05) is 37.9 Å². The number of hydrogen-bond donors (Lipinski definition) is 1. The van der Waals surface area contributed by atoms with E-state index in [9.17, 15) is 0 Å². The Morgan fingerprint density at radius 1 is 1.38 bits per heavy atom. The van der Waals surface area contributed by atoms with Crippen LogP contribution in [0.3, 0.4) is 0 Å². The van der Waals surface area contributed by atoms with Crippen LogP contribution in [0, 0.1) is 0 Å². The van der Waals surface area contributed by atoms with Crippen LogP contribution in [0.25, 0.3) is 10.1 Å². The molecule has 13 heavy (non-hydrogen) atoms. The molecule has 1 heterocycles. The van der Waals surface area contributed by atoms with Crippen molar-refractivity contribution < 1.29 is 0 Å². The fourth-order valence-corrected chi connectivity index (χ4v) is 4.23. The summed E-state index contributed by atoms with van der Waals surface area (Å²) in [4.78, 5) is 0. The van der Waals surface area contributed by atoms with Crippen molar-refractivity contribution >= 4 is 65.9 Å². The van der Waals surface area contributed by atoms with Crippen molar-refractivity contribution in [2.24, 2.45) is 0 Å². The standard InChI is InChI=1S/C9H6Br2S2/c10-4-7-6-2-1-5(11)3-8(6)13-9(7)12/h1-3,12H,4H2. The van der Waals surface area contributed by atoms with Crippen molar-refractivity contribution in [1.82, 2.24) is 0 Å². The first-order valence-electron chi connectivity index (χ1n) is 3.68. The summed E-state index contributed by atoms with van der Waals surface area (Å²) in [6, 6.07) is 6.33. The lowest BCUT2D eigenvalue weighted by Gasteiger charge is -1.94. The minimum absolute atomic E-state index is 0.869. The molecule has 0 bridgehead atoms. The van der Waals surface area contributed by atoms with Crippen LogP contribution >= 0.6 is 55.8 Å². The quantitative estimate of drug-likeness (QED) is 0.558. The second kappa shape index (κ2) is 3.93. The van der Waals surface area contributed by atoms with Crippen LogP contribution in [0.2, 0.25) is 0 Å². The molecule has 0 N–H and O–H groups in total. The smallest absolute Gasteiger partial charge is 0.0621 e. The number of hydrogen-bond acceptors (Lipinski definition) is 2. The summed E-state index contributed by atoms with van der Waals surface area (Å²) >= 11 is 13.1. The molecule has 0 atom stereocenters. The first-order valence-corrected chi connectivity index (χ1v) is 6.86. The van der Waals surface area contributed by atoms with Gasteiger partial charge >= 0.3 is 0 Å². The van der Waals surface area contributed by atoms with Gasteiger partial charge in [0.1, 0.15) is 0 Å². The molecule has 0 nitrogen and oxygen atoms in total. The van der Waals surface area contributed by atoms with Crippen LogP contribution in [-0.4, -0.2) is 0 Å². The van der Waals surface area contributed by atoms with E-state index in [4.69, 9.17) is 0 Å². The Bertz CT molecular complexity index is 448. The summed E-state index contributed by atoms with van der Waals surface area (Å²) in [7, 11) is 0. The highest BCUT2D eigenvalue weighted by Gasteiger charge is 2.07. The third-order valence-corrected chi connectivity index (χ3v) is 4.46. The molecule has 0 aliphatic heterocycles. The number of alkyl halides is 1. The Labute approximate surface area is 103 Å². The van der Waals surface area contributed by atoms with Gasteiger partial charge in [-0.15, -0.1) is 24.0 Å². The highest BCUT2D eigenvalue weighted by Crippen LogP contribution is 2.36. The second-order valence-corrected chi connectivity index (χ2v) is 5.94. The van der Waals surface area contributed by atoms with Crippen LogP contribution in [0.4, 0.5) is 0 Å². The SMILES string of the molecule is Sc1sc2cc(Br)ccc2c1CBr. The fraction of sp³-hybridized carbons (Fsp3) is 0.111. The minimum atomic E-state index is 0.869. The number of thiol groups is 1. The van der Waals surface area contributed by atoms with E-state index in [0.717, 1.165) is 14.0 Å². The molecule has 2 rings (SSSR count). The molecule has 0 saturated heterocycles. The van der Waals surface area contributed by atoms with E-state index < -0.39 is 0 Å². The molecule has 0 spiro atoms. The summed E-state index contributed by atoms with van der Waals surface area (Å²) in [5.41, 5.74) is 1.29. The molecule has 1 aromatic heterocycles. The first-order chi connectivity index (χ1) is 6.22. The van der Waals surface area contributed by atoms with E-state index in [1.807, 2.05) is 0 Å². The first kappa shape index (κ1) is 10.0. The van der Waals surface area contributed by atoms with Crippen LogP contribution in [0.5, 0.6) is 0 Å². The van der Waals surface area contributed by atoms with Gasteiger partial charge in [-0.2, -0.15) is 0 Å². The number of halogens is 2. The molecule has 1 aromatic carbocycles. The normalized spacial score (nSPS) is 11.0. The van der Waals surface area contributed by atoms with Gasteiger partial charge in [0, 0.05) is 14.5 Å². The second-order valence-electron chi connectivity index (χ2n) is 2.66. The molecular formula is C9H6Br2S2. The maximum atomic E-state index is 4.44. The Morgan fingerprint density at radius 3 is 2.85 bits per heavy atom. The molecule has 68 valence electrons. The van der Waals surface area contributed by atoms with E-state index in [2.05, 4.69) is 62.7 Å². The molecule has 0 saturated carbocycles. The highest BCUT2D eigenvalue weighted by atomic mass is 79.9. The topological polar surface area (TPSA) is 0 Å². The number of thiophene rings is 1. The van der Waals surface area contributed by atoms with Gasteiger partial charge in [-0.3, -0.25) is 0 Å². The van der Waals surface area contributed by atoms with E-state index in [0.29, 0.717) is 0 Å². The zero-order valence-electron chi connectivity index (χ0n) is 6.55. The Balaban J connectivity index is 2.79. The van der Waals surface area contributed by atoms with E-state index in [1.54, 1.807) is 11.3 Å². The minimum Gasteiger partial charge on any atom is -0.132 e. The van der Waals surface area contributed by atoms with Crippen molar-refractivity contribution in [2.45, 2.75) is 9.54 Å². The van der Waals surface area contributed by atoms with Gasteiger partial charge in [-0.25, -0.2) is 0 Å². The molecule has 2 aromatic rings. The third kappa shape index (κ3) is 1.82. The van der Waals surface area contributed by atoms with Gasteiger partial charge in [0.05, 0.1) is 4.21 Å². The van der Waals surface area contributed by atoms with E-state index in [1.165, 1.54) is 15.6 Å². The van der Waals surface area contributed by atoms with Gasteiger partial charge in [0.15, 0.2) is 0 Å². The number of benzene rings is 1. The van der Waals surface area contributed by atoms with Gasteiger partial charge in [0.2, 0.25) is 0 Å². The average Bonchev–Trinajstić information content (AvgIpc) is 2.39.